The van der Waals surface area contributed by atoms with Crippen LogP contribution < -0.4 is 5.32 Å². The van der Waals surface area contributed by atoms with E-state index in [2.05, 4.69) is 29.6 Å². The zero-order chi connectivity index (χ0) is 27.1. The van der Waals surface area contributed by atoms with E-state index < -0.39 is 18.1 Å². The molecule has 0 radical (unpaired) electrons. The maximum Gasteiger partial charge on any atom is 0.407 e. The van der Waals surface area contributed by atoms with E-state index in [1.54, 1.807) is 6.92 Å². The van der Waals surface area contributed by atoms with Crippen molar-refractivity contribution in [2.24, 2.45) is 5.92 Å². The van der Waals surface area contributed by atoms with Crippen LogP contribution in [0.1, 0.15) is 43.4 Å². The Balaban J connectivity index is 1.45. The predicted molar refractivity (Wildman–Crippen MR) is 145 cm³/mol. The molecule has 0 heterocycles. The molecular formula is C31H34N2O5. The molecular weight excluding hydrogens is 480 g/mol. The minimum atomic E-state index is -0.871. The summed E-state index contributed by atoms with van der Waals surface area (Å²) in [5.74, 6) is -1.19. The van der Waals surface area contributed by atoms with Gasteiger partial charge in [-0.3, -0.25) is 9.59 Å². The predicted octanol–water partition coefficient (Wildman–Crippen LogP) is 5.14. The summed E-state index contributed by atoms with van der Waals surface area (Å²) in [5.41, 5.74) is 5.38. The lowest BCUT2D eigenvalue weighted by atomic mass is 9.98. The summed E-state index contributed by atoms with van der Waals surface area (Å²) in [7, 11) is 0. The summed E-state index contributed by atoms with van der Waals surface area (Å²) in [6, 6.07) is 24.8. The van der Waals surface area contributed by atoms with Gasteiger partial charge in [0, 0.05) is 12.5 Å². The maximum absolute atomic E-state index is 13.6. The lowest BCUT2D eigenvalue weighted by Gasteiger charge is -2.29. The molecule has 3 aromatic rings. The van der Waals surface area contributed by atoms with Crippen LogP contribution in [0.4, 0.5) is 4.79 Å². The van der Waals surface area contributed by atoms with Crippen molar-refractivity contribution in [3.8, 4) is 11.1 Å². The second-order valence-corrected chi connectivity index (χ2v) is 9.68. The highest BCUT2D eigenvalue weighted by Crippen LogP contribution is 2.44. The first kappa shape index (κ1) is 26.9. The summed E-state index contributed by atoms with van der Waals surface area (Å²) >= 11 is 0. The van der Waals surface area contributed by atoms with Gasteiger partial charge >= 0.3 is 12.1 Å². The average molecular weight is 515 g/mol. The molecule has 0 aromatic heterocycles. The monoisotopic (exact) mass is 514 g/mol. The summed E-state index contributed by atoms with van der Waals surface area (Å²) in [6.07, 6.45) is -0.672. The molecule has 38 heavy (non-hydrogen) atoms. The van der Waals surface area contributed by atoms with Crippen molar-refractivity contribution >= 4 is 18.0 Å². The van der Waals surface area contributed by atoms with E-state index in [1.807, 2.05) is 68.4 Å². The number of fused-ring (bicyclic) bond motifs is 3. The van der Waals surface area contributed by atoms with Gasteiger partial charge in [-0.05, 0) is 40.7 Å². The molecule has 1 N–H and O–H groups in total. The molecule has 2 amide bonds. The number of ether oxygens (including phenoxy) is 2. The smallest absolute Gasteiger partial charge is 0.407 e. The number of carbonyl (C=O) groups excluding carboxylic acids is 3. The van der Waals surface area contributed by atoms with Gasteiger partial charge in [0.25, 0.3) is 0 Å². The molecule has 0 spiro atoms. The fourth-order valence-electron chi connectivity index (χ4n) is 4.86. The standard InChI is InChI=1S/C31H34N2O5/c1-4-37-28(34)19-33(18-22-12-6-5-7-13-22)30(35)29(21(2)3)32-31(36)38-20-27-25-16-10-8-14-23(25)24-15-9-11-17-26(24)27/h5-17,21,27,29H,4,18-20H2,1-3H3,(H,32,36). The lowest BCUT2D eigenvalue weighted by molar-refractivity contribution is -0.150. The molecule has 1 atom stereocenters. The summed E-state index contributed by atoms with van der Waals surface area (Å²) in [4.78, 5) is 40.3. The van der Waals surface area contributed by atoms with Gasteiger partial charge < -0.3 is 19.7 Å². The zero-order valence-corrected chi connectivity index (χ0v) is 22.1. The number of rotatable bonds is 10. The third-order valence-corrected chi connectivity index (χ3v) is 6.70. The SMILES string of the molecule is CCOC(=O)CN(Cc1ccccc1)C(=O)C(NC(=O)OCC1c2ccccc2-c2ccccc21)C(C)C. The van der Waals surface area contributed by atoms with Crippen molar-refractivity contribution < 1.29 is 23.9 Å². The van der Waals surface area contributed by atoms with Crippen molar-refractivity contribution in [3.63, 3.8) is 0 Å². The van der Waals surface area contributed by atoms with Gasteiger partial charge in [-0.1, -0.05) is 92.7 Å². The molecule has 4 rings (SSSR count). The molecule has 0 fully saturated rings. The van der Waals surface area contributed by atoms with Crippen LogP contribution in [0.2, 0.25) is 0 Å². The van der Waals surface area contributed by atoms with Crippen LogP contribution in [0.5, 0.6) is 0 Å². The van der Waals surface area contributed by atoms with Crippen LogP contribution in [0.15, 0.2) is 78.9 Å². The van der Waals surface area contributed by atoms with Gasteiger partial charge in [0.15, 0.2) is 0 Å². The number of benzene rings is 3. The van der Waals surface area contributed by atoms with Crippen LogP contribution >= 0.6 is 0 Å². The first-order valence-corrected chi connectivity index (χ1v) is 13.0. The van der Waals surface area contributed by atoms with Gasteiger partial charge in [0.2, 0.25) is 5.91 Å². The number of esters is 1. The Morgan fingerprint density at radius 1 is 0.842 bits per heavy atom. The number of nitrogens with one attached hydrogen (secondary N) is 1. The van der Waals surface area contributed by atoms with E-state index in [0.717, 1.165) is 27.8 Å². The number of nitrogens with zero attached hydrogens (tertiary/aromatic N) is 1. The molecule has 198 valence electrons. The lowest BCUT2D eigenvalue weighted by Crippen LogP contribution is -2.52. The van der Waals surface area contributed by atoms with Gasteiger partial charge in [-0.25, -0.2) is 4.79 Å². The Morgan fingerprint density at radius 2 is 1.42 bits per heavy atom. The van der Waals surface area contributed by atoms with Crippen LogP contribution in [0.25, 0.3) is 11.1 Å². The van der Waals surface area contributed by atoms with E-state index in [0.29, 0.717) is 0 Å². The third-order valence-electron chi connectivity index (χ3n) is 6.70. The number of alkyl carbamates (subject to hydrolysis) is 1. The Morgan fingerprint density at radius 3 is 2.00 bits per heavy atom. The normalized spacial score (nSPS) is 12.8. The number of carbonyl (C=O) groups is 3. The van der Waals surface area contributed by atoms with Gasteiger partial charge in [-0.15, -0.1) is 0 Å². The molecule has 7 nitrogen and oxygen atoms in total. The highest BCUT2D eigenvalue weighted by atomic mass is 16.5. The number of amides is 2. The van der Waals surface area contributed by atoms with Crippen molar-refractivity contribution in [2.45, 2.75) is 39.3 Å². The quantitative estimate of drug-likeness (QED) is 0.379. The van der Waals surface area contributed by atoms with E-state index >= 15 is 0 Å². The molecule has 7 heteroatoms. The van der Waals surface area contributed by atoms with Crippen molar-refractivity contribution in [3.05, 3.63) is 95.6 Å². The van der Waals surface area contributed by atoms with Crippen molar-refractivity contribution in [1.82, 2.24) is 10.2 Å². The first-order valence-electron chi connectivity index (χ1n) is 13.0. The third kappa shape index (κ3) is 6.22. The first-order chi connectivity index (χ1) is 18.4. The molecule has 0 saturated heterocycles. The van der Waals surface area contributed by atoms with E-state index in [-0.39, 0.29) is 44.0 Å². The summed E-state index contributed by atoms with van der Waals surface area (Å²) in [5, 5.41) is 2.76. The molecule has 1 aliphatic rings. The van der Waals surface area contributed by atoms with Crippen LogP contribution in [0, 0.1) is 5.92 Å². The second kappa shape index (κ2) is 12.4. The van der Waals surface area contributed by atoms with Gasteiger partial charge in [0.1, 0.15) is 19.2 Å². The highest BCUT2D eigenvalue weighted by molar-refractivity contribution is 5.88. The molecule has 1 aliphatic carbocycles. The molecule has 0 bridgehead atoms. The van der Waals surface area contributed by atoms with Gasteiger partial charge in [-0.2, -0.15) is 0 Å². The fraction of sp³-hybridized carbons (Fsp3) is 0.323. The number of hydrogen-bond donors (Lipinski definition) is 1. The minimum absolute atomic E-state index is 0.0836. The Hall–Kier alpha value is -4.13. The van der Waals surface area contributed by atoms with Crippen LogP contribution in [-0.2, 0) is 25.6 Å². The van der Waals surface area contributed by atoms with Crippen LogP contribution in [-0.4, -0.2) is 48.7 Å². The molecule has 3 aromatic carbocycles. The second-order valence-electron chi connectivity index (χ2n) is 9.68. The molecule has 0 aliphatic heterocycles. The maximum atomic E-state index is 13.6. The zero-order valence-electron chi connectivity index (χ0n) is 22.1. The van der Waals surface area contributed by atoms with E-state index in [1.165, 1.54) is 4.90 Å². The average Bonchev–Trinajstić information content (AvgIpc) is 3.24. The van der Waals surface area contributed by atoms with E-state index in [4.69, 9.17) is 9.47 Å². The Labute approximate surface area is 223 Å². The Bertz CT molecular complexity index is 1230. The summed E-state index contributed by atoms with van der Waals surface area (Å²) < 4.78 is 10.8. The van der Waals surface area contributed by atoms with Crippen molar-refractivity contribution in [1.29, 1.82) is 0 Å². The fourth-order valence-corrected chi connectivity index (χ4v) is 4.86. The molecule has 1 unspecified atom stereocenters. The number of hydrogen-bond acceptors (Lipinski definition) is 5. The van der Waals surface area contributed by atoms with Crippen LogP contribution in [0.3, 0.4) is 0 Å². The van der Waals surface area contributed by atoms with Gasteiger partial charge in [0.05, 0.1) is 6.61 Å². The Kier molecular flexibility index (Phi) is 8.79. The summed E-state index contributed by atoms with van der Waals surface area (Å²) in [6.45, 7) is 5.78. The topological polar surface area (TPSA) is 84.9 Å². The minimum Gasteiger partial charge on any atom is -0.465 e. The highest BCUT2D eigenvalue weighted by Gasteiger charge is 2.32. The largest absolute Gasteiger partial charge is 0.465 e. The van der Waals surface area contributed by atoms with Crippen molar-refractivity contribution in [2.75, 3.05) is 19.8 Å². The van der Waals surface area contributed by atoms with E-state index in [9.17, 15) is 14.4 Å². The molecule has 0 saturated carbocycles.